The molecule has 37 heavy (non-hydrogen) atoms. The van der Waals surface area contributed by atoms with Gasteiger partial charge in [-0.05, 0) is 31.0 Å². The number of hydrogen-bond donors (Lipinski definition) is 3. The Morgan fingerprint density at radius 2 is 1.00 bits per heavy atom. The van der Waals surface area contributed by atoms with E-state index >= 15 is 0 Å². The number of amides is 2. The Hall–Kier alpha value is -4.49. The van der Waals surface area contributed by atoms with Crippen molar-refractivity contribution in [2.45, 2.75) is 37.8 Å². The van der Waals surface area contributed by atoms with Gasteiger partial charge in [-0.25, -0.2) is 14.4 Å². The summed E-state index contributed by atoms with van der Waals surface area (Å²) in [5, 5.41) is 14.1. The summed E-state index contributed by atoms with van der Waals surface area (Å²) in [5.74, 6) is -6.34. The summed E-state index contributed by atoms with van der Waals surface area (Å²) in [6, 6.07) is 0.435. The van der Waals surface area contributed by atoms with Crippen LogP contribution in [0.4, 0.5) is 0 Å². The Kier molecular flexibility index (Phi) is 12.2. The number of carbonyl (C=O) groups is 7. The van der Waals surface area contributed by atoms with Gasteiger partial charge in [0.15, 0.2) is 0 Å². The molecule has 0 unspecified atom stereocenters. The van der Waals surface area contributed by atoms with Crippen molar-refractivity contribution in [2.24, 2.45) is 0 Å². The summed E-state index contributed by atoms with van der Waals surface area (Å²) < 4.78 is 18.3. The molecule has 1 rings (SSSR count). The minimum absolute atomic E-state index is 0.169. The van der Waals surface area contributed by atoms with Crippen molar-refractivity contribution in [3.63, 3.8) is 0 Å². The molecule has 0 aliphatic heterocycles. The Morgan fingerprint density at radius 1 is 0.649 bits per heavy atom. The number of carboxylic acid groups (broad SMARTS) is 1. The molecule has 0 spiro atoms. The third kappa shape index (κ3) is 9.58. The van der Waals surface area contributed by atoms with Crippen LogP contribution >= 0.6 is 0 Å². The van der Waals surface area contributed by atoms with Gasteiger partial charge in [0, 0.05) is 24.0 Å². The topological polar surface area (TPSA) is 201 Å². The monoisotopic (exact) mass is 524 g/mol. The highest BCUT2D eigenvalue weighted by Gasteiger charge is 2.27. The van der Waals surface area contributed by atoms with Gasteiger partial charge in [-0.3, -0.25) is 19.2 Å². The highest BCUT2D eigenvalue weighted by molar-refractivity contribution is 6.04. The summed E-state index contributed by atoms with van der Waals surface area (Å²) in [6.45, 7) is 0. The zero-order chi connectivity index (χ0) is 28.1. The highest BCUT2D eigenvalue weighted by Crippen LogP contribution is 2.14. The van der Waals surface area contributed by atoms with E-state index in [0.717, 1.165) is 46.6 Å². The van der Waals surface area contributed by atoms with E-state index in [4.69, 9.17) is 0 Å². The molecule has 0 fully saturated rings. The number of carbonyl (C=O) groups excluding carboxylic acids is 6. The summed E-state index contributed by atoms with van der Waals surface area (Å²) in [5.41, 5.74) is -1.05. The predicted octanol–water partition coefficient (Wildman–Crippen LogP) is -0.166. The fraction of sp³-hybridized carbons (Fsp3) is 0.435. The van der Waals surface area contributed by atoms with Gasteiger partial charge in [0.2, 0.25) is 0 Å². The molecule has 0 aromatic heterocycles. The van der Waals surface area contributed by atoms with Crippen LogP contribution in [-0.4, -0.2) is 87.3 Å². The van der Waals surface area contributed by atoms with Crippen molar-refractivity contribution >= 4 is 41.7 Å². The maximum Gasteiger partial charge on any atom is 0.335 e. The van der Waals surface area contributed by atoms with Gasteiger partial charge < -0.3 is 34.7 Å². The fourth-order valence-corrected chi connectivity index (χ4v) is 3.01. The lowest BCUT2D eigenvalue weighted by Crippen LogP contribution is -2.43. The lowest BCUT2D eigenvalue weighted by atomic mass is 10.0. The van der Waals surface area contributed by atoms with E-state index < -0.39 is 59.3 Å². The van der Waals surface area contributed by atoms with Gasteiger partial charge >= 0.3 is 29.8 Å². The van der Waals surface area contributed by atoms with Crippen LogP contribution in [0.5, 0.6) is 0 Å². The third-order valence-corrected chi connectivity index (χ3v) is 5.02. The molecule has 14 nitrogen and oxygen atoms in total. The molecule has 2 atom stereocenters. The van der Waals surface area contributed by atoms with Crippen molar-refractivity contribution in [3.8, 4) is 0 Å². The minimum atomic E-state index is -1.46. The number of hydrogen-bond acceptors (Lipinski definition) is 11. The largest absolute Gasteiger partial charge is 0.478 e. The molecule has 0 radical (unpaired) electrons. The van der Waals surface area contributed by atoms with E-state index in [1.807, 2.05) is 0 Å². The maximum atomic E-state index is 12.8. The molecule has 1 aromatic rings. The number of carboxylic acids is 1. The Bertz CT molecular complexity index is 980. The molecule has 0 bridgehead atoms. The first-order chi connectivity index (χ1) is 17.5. The van der Waals surface area contributed by atoms with Crippen LogP contribution in [0.1, 0.15) is 56.8 Å². The molecule has 0 aliphatic rings. The van der Waals surface area contributed by atoms with Crippen molar-refractivity contribution in [3.05, 3.63) is 34.9 Å². The SMILES string of the molecule is COC(=O)CC[C@H](NC(=O)c1cc(C(=O)O)cc(C(=O)N[C@@H](CCC(=O)OC)C(=O)OC)c1)C(=O)OC. The van der Waals surface area contributed by atoms with Crippen LogP contribution in [0, 0.1) is 0 Å². The number of rotatable bonds is 13. The van der Waals surface area contributed by atoms with Crippen molar-refractivity contribution in [2.75, 3.05) is 28.4 Å². The van der Waals surface area contributed by atoms with E-state index in [9.17, 15) is 38.7 Å². The van der Waals surface area contributed by atoms with Crippen molar-refractivity contribution < 1.29 is 57.6 Å². The summed E-state index contributed by atoms with van der Waals surface area (Å²) >= 11 is 0. The van der Waals surface area contributed by atoms with E-state index in [1.54, 1.807) is 0 Å². The number of methoxy groups -OCH3 is 4. The van der Waals surface area contributed by atoms with Crippen LogP contribution in [0.25, 0.3) is 0 Å². The molecule has 1 aromatic carbocycles. The molecule has 0 heterocycles. The second kappa shape index (κ2) is 14.8. The Balaban J connectivity index is 3.23. The van der Waals surface area contributed by atoms with Crippen LogP contribution in [0.15, 0.2) is 18.2 Å². The Morgan fingerprint density at radius 3 is 1.30 bits per heavy atom. The smallest absolute Gasteiger partial charge is 0.335 e. The normalized spacial score (nSPS) is 11.8. The van der Waals surface area contributed by atoms with Gasteiger partial charge in [-0.2, -0.15) is 0 Å². The zero-order valence-corrected chi connectivity index (χ0v) is 20.7. The number of ether oxygens (including phenoxy) is 4. The van der Waals surface area contributed by atoms with E-state index in [2.05, 4.69) is 29.6 Å². The molecule has 0 saturated carbocycles. The van der Waals surface area contributed by atoms with Crippen molar-refractivity contribution in [1.29, 1.82) is 0 Å². The lowest BCUT2D eigenvalue weighted by molar-refractivity contribution is -0.146. The minimum Gasteiger partial charge on any atom is -0.478 e. The quantitative estimate of drug-likeness (QED) is 0.228. The van der Waals surface area contributed by atoms with Crippen LogP contribution in [0.2, 0.25) is 0 Å². The van der Waals surface area contributed by atoms with Gasteiger partial charge in [0.05, 0.1) is 34.0 Å². The maximum absolute atomic E-state index is 12.8. The summed E-state index contributed by atoms with van der Waals surface area (Å²) in [4.78, 5) is 84.2. The highest BCUT2D eigenvalue weighted by atomic mass is 16.5. The first-order valence-corrected chi connectivity index (χ1v) is 10.8. The number of aromatic carboxylic acids is 1. The molecule has 0 aliphatic carbocycles. The molecular formula is C23H28N2O12. The molecule has 14 heteroatoms. The average molecular weight is 524 g/mol. The van der Waals surface area contributed by atoms with Crippen molar-refractivity contribution in [1.82, 2.24) is 10.6 Å². The molecular weight excluding hydrogens is 496 g/mol. The first kappa shape index (κ1) is 30.5. The van der Waals surface area contributed by atoms with Gasteiger partial charge in [0.25, 0.3) is 11.8 Å². The van der Waals surface area contributed by atoms with E-state index in [0.29, 0.717) is 0 Å². The summed E-state index contributed by atoms with van der Waals surface area (Å²) in [6.07, 6.45) is -0.782. The van der Waals surface area contributed by atoms with Crippen LogP contribution in [-0.2, 0) is 38.1 Å². The number of benzene rings is 1. The second-order valence-electron chi connectivity index (χ2n) is 7.43. The van der Waals surface area contributed by atoms with E-state index in [1.165, 1.54) is 0 Å². The standard InChI is InChI=1S/C23H28N2O12/c1-34-17(26)7-5-15(22(32)36-3)24-19(28)12-9-13(11-14(10-12)21(30)31)20(29)25-16(23(33)37-4)6-8-18(27)35-2/h9-11,15-16H,5-8H2,1-4H3,(H,24,28)(H,25,29)(H,30,31)/t15-,16-/m0/s1. The van der Waals surface area contributed by atoms with E-state index in [-0.39, 0.29) is 36.8 Å². The zero-order valence-electron chi connectivity index (χ0n) is 20.7. The average Bonchev–Trinajstić information content (AvgIpc) is 2.90. The number of nitrogens with one attached hydrogen (secondary N) is 2. The number of esters is 4. The predicted molar refractivity (Wildman–Crippen MR) is 122 cm³/mol. The van der Waals surface area contributed by atoms with Crippen LogP contribution in [0.3, 0.4) is 0 Å². The lowest BCUT2D eigenvalue weighted by Gasteiger charge is -2.18. The van der Waals surface area contributed by atoms with Crippen LogP contribution < -0.4 is 10.6 Å². The second-order valence-corrected chi connectivity index (χ2v) is 7.43. The summed E-state index contributed by atoms with van der Waals surface area (Å²) in [7, 11) is 4.45. The molecule has 3 N–H and O–H groups in total. The fourth-order valence-electron chi connectivity index (χ4n) is 3.01. The molecule has 202 valence electrons. The van der Waals surface area contributed by atoms with Gasteiger partial charge in [0.1, 0.15) is 12.1 Å². The van der Waals surface area contributed by atoms with Gasteiger partial charge in [-0.15, -0.1) is 0 Å². The molecule has 2 amide bonds. The first-order valence-electron chi connectivity index (χ1n) is 10.8. The Labute approximate surface area is 211 Å². The van der Waals surface area contributed by atoms with Gasteiger partial charge in [-0.1, -0.05) is 0 Å². The third-order valence-electron chi connectivity index (χ3n) is 5.02. The molecule has 0 saturated heterocycles.